The lowest BCUT2D eigenvalue weighted by molar-refractivity contribution is 0.0396. The Balaban J connectivity index is 4.04. The van der Waals surface area contributed by atoms with Gasteiger partial charge in [0.15, 0.2) is 0 Å². The van der Waals surface area contributed by atoms with Crippen LogP contribution in [-0.4, -0.2) is 47.2 Å². The summed E-state index contributed by atoms with van der Waals surface area (Å²) in [6.45, 7) is 4.18. The molecule has 0 bridgehead atoms. The molecule has 0 aromatic rings. The molecule has 0 heterocycles. The number of nitrogens with one attached hydrogen (secondary N) is 1. The fourth-order valence-corrected chi connectivity index (χ4v) is 1.26. The van der Waals surface area contributed by atoms with E-state index in [1.807, 2.05) is 0 Å². The predicted molar refractivity (Wildman–Crippen MR) is 56.1 cm³/mol. The summed E-state index contributed by atoms with van der Waals surface area (Å²) < 4.78 is 0. The van der Waals surface area contributed by atoms with Crippen LogP contribution in [0.2, 0.25) is 0 Å². The monoisotopic (exact) mass is 205 g/mol. The first-order valence-electron chi connectivity index (χ1n) is 5.25. The molecule has 4 nitrogen and oxygen atoms in total. The Morgan fingerprint density at radius 1 is 1.00 bits per heavy atom. The molecule has 0 fully saturated rings. The summed E-state index contributed by atoms with van der Waals surface area (Å²) in [6, 6.07) is 0. The van der Waals surface area contributed by atoms with Gasteiger partial charge >= 0.3 is 0 Å². The number of hydrogen-bond acceptors (Lipinski definition) is 4. The average Bonchev–Trinajstić information content (AvgIpc) is 2.26. The van der Waals surface area contributed by atoms with E-state index in [1.54, 1.807) is 0 Å². The maximum absolute atomic E-state index is 9.05. The highest BCUT2D eigenvalue weighted by Crippen LogP contribution is 2.09. The van der Waals surface area contributed by atoms with Crippen molar-refractivity contribution in [3.63, 3.8) is 0 Å². The van der Waals surface area contributed by atoms with Crippen LogP contribution in [0.25, 0.3) is 0 Å². The van der Waals surface area contributed by atoms with Crippen molar-refractivity contribution in [1.29, 1.82) is 0 Å². The molecule has 0 aromatic heterocycles. The van der Waals surface area contributed by atoms with Crippen molar-refractivity contribution in [2.75, 3.05) is 26.4 Å². The van der Waals surface area contributed by atoms with Gasteiger partial charge in [0.2, 0.25) is 0 Å². The summed E-state index contributed by atoms with van der Waals surface area (Å²) in [5.74, 6) is 0.527. The van der Waals surface area contributed by atoms with Gasteiger partial charge in [0, 0.05) is 0 Å². The maximum Gasteiger partial charge on any atom is 0.0881 e. The quantitative estimate of drug-likeness (QED) is 0.440. The zero-order chi connectivity index (χ0) is 11.0. The lowest BCUT2D eigenvalue weighted by Crippen LogP contribution is -2.55. The highest BCUT2D eigenvalue weighted by Gasteiger charge is 2.27. The third-order valence-electron chi connectivity index (χ3n) is 2.83. The Morgan fingerprint density at radius 3 is 1.71 bits per heavy atom. The van der Waals surface area contributed by atoms with E-state index in [4.69, 9.17) is 15.3 Å². The minimum Gasteiger partial charge on any atom is -0.394 e. The Kier molecular flexibility index (Phi) is 7.09. The minimum absolute atomic E-state index is 0.250. The van der Waals surface area contributed by atoms with Crippen LogP contribution in [0.15, 0.2) is 0 Å². The predicted octanol–water partition coefficient (Wildman–Crippen LogP) is -0.272. The van der Waals surface area contributed by atoms with E-state index in [1.165, 1.54) is 0 Å². The van der Waals surface area contributed by atoms with E-state index in [0.29, 0.717) is 12.5 Å². The molecule has 0 aliphatic heterocycles. The van der Waals surface area contributed by atoms with Crippen LogP contribution in [0.1, 0.15) is 26.7 Å². The van der Waals surface area contributed by atoms with Crippen molar-refractivity contribution in [2.24, 2.45) is 5.92 Å². The summed E-state index contributed by atoms with van der Waals surface area (Å²) in [5.41, 5.74) is -0.928. The molecule has 0 atom stereocenters. The molecule has 0 unspecified atom stereocenters. The molecule has 0 saturated carbocycles. The van der Waals surface area contributed by atoms with Crippen LogP contribution >= 0.6 is 0 Å². The van der Waals surface area contributed by atoms with Crippen molar-refractivity contribution in [3.8, 4) is 0 Å². The molecule has 0 aliphatic rings. The summed E-state index contributed by atoms with van der Waals surface area (Å²) in [6.07, 6.45) is 2.11. The zero-order valence-corrected chi connectivity index (χ0v) is 9.16. The lowest BCUT2D eigenvalue weighted by atomic mass is 9.99. The van der Waals surface area contributed by atoms with Crippen LogP contribution in [0.4, 0.5) is 0 Å². The molecule has 0 spiro atoms. The molecule has 0 amide bonds. The van der Waals surface area contributed by atoms with Gasteiger partial charge in [0.25, 0.3) is 0 Å². The van der Waals surface area contributed by atoms with Crippen LogP contribution in [0.5, 0.6) is 0 Å². The fourth-order valence-electron chi connectivity index (χ4n) is 1.26. The first-order valence-corrected chi connectivity index (χ1v) is 5.25. The van der Waals surface area contributed by atoms with E-state index in [0.717, 1.165) is 12.8 Å². The standard InChI is InChI=1S/C10H23NO3/c1-3-9(4-2)5-11-10(6-12,7-13)8-14/h9,11-14H,3-8H2,1-2H3. The molecule has 0 rings (SSSR count). The molecule has 0 aliphatic carbocycles. The van der Waals surface area contributed by atoms with Gasteiger partial charge in [-0.3, -0.25) is 0 Å². The van der Waals surface area contributed by atoms with Gasteiger partial charge in [-0.15, -0.1) is 0 Å². The SMILES string of the molecule is CCC(CC)CNC(CO)(CO)CO. The third-order valence-corrected chi connectivity index (χ3v) is 2.83. The topological polar surface area (TPSA) is 72.7 Å². The Bertz CT molecular complexity index is 125. The van der Waals surface area contributed by atoms with Crippen molar-refractivity contribution < 1.29 is 15.3 Å². The van der Waals surface area contributed by atoms with E-state index in [-0.39, 0.29) is 19.8 Å². The largest absolute Gasteiger partial charge is 0.394 e. The van der Waals surface area contributed by atoms with Crippen molar-refractivity contribution >= 4 is 0 Å². The second-order valence-electron chi connectivity index (χ2n) is 3.82. The molecule has 14 heavy (non-hydrogen) atoms. The van der Waals surface area contributed by atoms with Gasteiger partial charge in [0.05, 0.1) is 25.4 Å². The molecule has 4 N–H and O–H groups in total. The number of hydrogen-bond donors (Lipinski definition) is 4. The molecular formula is C10H23NO3. The summed E-state index contributed by atoms with van der Waals surface area (Å²) >= 11 is 0. The third kappa shape index (κ3) is 3.92. The summed E-state index contributed by atoms with van der Waals surface area (Å²) in [5, 5.41) is 30.2. The van der Waals surface area contributed by atoms with Crippen molar-refractivity contribution in [3.05, 3.63) is 0 Å². The van der Waals surface area contributed by atoms with E-state index in [9.17, 15) is 0 Å². The zero-order valence-electron chi connectivity index (χ0n) is 9.16. The number of aliphatic hydroxyl groups excluding tert-OH is 3. The number of aliphatic hydroxyl groups is 3. The van der Waals surface area contributed by atoms with Crippen molar-refractivity contribution in [1.82, 2.24) is 5.32 Å². The molecular weight excluding hydrogens is 182 g/mol. The van der Waals surface area contributed by atoms with Gasteiger partial charge in [-0.2, -0.15) is 0 Å². The Labute approximate surface area is 86.0 Å². The molecule has 4 heteroatoms. The molecule has 0 saturated heterocycles. The Morgan fingerprint density at radius 2 is 1.43 bits per heavy atom. The lowest BCUT2D eigenvalue weighted by Gasteiger charge is -2.30. The second-order valence-corrected chi connectivity index (χ2v) is 3.82. The van der Waals surface area contributed by atoms with Crippen LogP contribution in [-0.2, 0) is 0 Å². The smallest absolute Gasteiger partial charge is 0.0881 e. The summed E-state index contributed by atoms with van der Waals surface area (Å²) in [7, 11) is 0. The Hall–Kier alpha value is -0.160. The minimum atomic E-state index is -0.928. The van der Waals surface area contributed by atoms with Crippen LogP contribution in [0, 0.1) is 5.92 Å². The first-order chi connectivity index (χ1) is 6.67. The van der Waals surface area contributed by atoms with Gasteiger partial charge in [-0.05, 0) is 12.5 Å². The first kappa shape index (κ1) is 13.8. The number of rotatable bonds is 8. The van der Waals surface area contributed by atoms with E-state index >= 15 is 0 Å². The fraction of sp³-hybridized carbons (Fsp3) is 1.00. The van der Waals surface area contributed by atoms with Crippen LogP contribution in [0.3, 0.4) is 0 Å². The van der Waals surface area contributed by atoms with Gasteiger partial charge < -0.3 is 20.6 Å². The maximum atomic E-state index is 9.05. The highest BCUT2D eigenvalue weighted by atomic mass is 16.3. The normalized spacial score (nSPS) is 12.4. The van der Waals surface area contributed by atoms with Gasteiger partial charge in [-0.25, -0.2) is 0 Å². The second kappa shape index (κ2) is 7.17. The van der Waals surface area contributed by atoms with E-state index < -0.39 is 5.54 Å². The van der Waals surface area contributed by atoms with Crippen molar-refractivity contribution in [2.45, 2.75) is 32.2 Å². The van der Waals surface area contributed by atoms with Gasteiger partial charge in [0.1, 0.15) is 0 Å². The van der Waals surface area contributed by atoms with Gasteiger partial charge in [-0.1, -0.05) is 26.7 Å². The van der Waals surface area contributed by atoms with Crippen LogP contribution < -0.4 is 5.32 Å². The highest BCUT2D eigenvalue weighted by molar-refractivity contribution is 4.86. The summed E-state index contributed by atoms with van der Waals surface area (Å²) in [4.78, 5) is 0. The molecule has 86 valence electrons. The molecule has 0 radical (unpaired) electrons. The van der Waals surface area contributed by atoms with E-state index in [2.05, 4.69) is 19.2 Å². The average molecular weight is 205 g/mol. The molecule has 0 aromatic carbocycles.